The van der Waals surface area contributed by atoms with E-state index in [2.05, 4.69) is 10.1 Å². The summed E-state index contributed by atoms with van der Waals surface area (Å²) in [5.41, 5.74) is 2.40. The number of carbonyl (C=O) groups is 3. The average molecular weight is 487 g/mol. The number of fused-ring (bicyclic) bond motifs is 1. The first kappa shape index (κ1) is 22.6. The molecule has 2 aromatic rings. The Morgan fingerprint density at radius 3 is 2.56 bits per heavy atom. The molecule has 2 atom stereocenters. The molecule has 0 spiro atoms. The second-order valence-electron chi connectivity index (χ2n) is 7.36. The zero-order chi connectivity index (χ0) is 23.2. The Balaban J connectivity index is 1.71. The quantitative estimate of drug-likeness (QED) is 0.524. The number of nitrogens with one attached hydrogen (secondary N) is 1. The fourth-order valence-electron chi connectivity index (χ4n) is 3.98. The lowest BCUT2D eigenvalue weighted by Crippen LogP contribution is -2.37. The van der Waals surface area contributed by atoms with Crippen LogP contribution in [0, 0.1) is 0 Å². The molecule has 2 amide bonds. The van der Waals surface area contributed by atoms with Gasteiger partial charge >= 0.3 is 12.1 Å². The Morgan fingerprint density at radius 2 is 1.84 bits per heavy atom. The molecule has 1 N–H and O–H groups in total. The lowest BCUT2D eigenvalue weighted by atomic mass is 9.84. The van der Waals surface area contributed by atoms with Crippen LogP contribution in [0.1, 0.15) is 29.0 Å². The van der Waals surface area contributed by atoms with Crippen LogP contribution in [0.3, 0.4) is 0 Å². The molecule has 0 saturated carbocycles. The van der Waals surface area contributed by atoms with Crippen LogP contribution in [0.25, 0.3) is 0 Å². The van der Waals surface area contributed by atoms with E-state index < -0.39 is 36.5 Å². The van der Waals surface area contributed by atoms with E-state index in [1.54, 1.807) is 30.3 Å². The van der Waals surface area contributed by atoms with Gasteiger partial charge in [0.1, 0.15) is 0 Å². The van der Waals surface area contributed by atoms with E-state index >= 15 is 0 Å². The van der Waals surface area contributed by atoms with E-state index in [1.165, 1.54) is 6.07 Å². The van der Waals surface area contributed by atoms with Crippen molar-refractivity contribution in [2.45, 2.75) is 31.2 Å². The topological polar surface area (TPSA) is 75.7 Å². The van der Waals surface area contributed by atoms with Gasteiger partial charge in [0.2, 0.25) is 5.91 Å². The number of ether oxygens (including phenoxy) is 1. The first-order valence-electron chi connectivity index (χ1n) is 9.50. The molecular formula is C21H15Cl2F3N2O4. The van der Waals surface area contributed by atoms with Gasteiger partial charge in [0, 0.05) is 29.1 Å². The maximum absolute atomic E-state index is 12.8. The summed E-state index contributed by atoms with van der Waals surface area (Å²) >= 11 is 12.5. The molecule has 0 aromatic heterocycles. The maximum Gasteiger partial charge on any atom is 0.490 e. The van der Waals surface area contributed by atoms with Crippen LogP contribution in [-0.4, -0.2) is 36.6 Å². The molecule has 0 aliphatic carbocycles. The summed E-state index contributed by atoms with van der Waals surface area (Å²) in [6.45, 7) is 0.949. The van der Waals surface area contributed by atoms with E-state index in [0.717, 1.165) is 16.0 Å². The van der Waals surface area contributed by atoms with Gasteiger partial charge < -0.3 is 10.1 Å². The van der Waals surface area contributed by atoms with E-state index in [1.807, 2.05) is 0 Å². The van der Waals surface area contributed by atoms with Gasteiger partial charge in [0.15, 0.2) is 6.10 Å². The Kier molecular flexibility index (Phi) is 5.91. The molecule has 2 aliphatic rings. The molecule has 1 saturated heterocycles. The Labute approximate surface area is 190 Å². The molecule has 32 heavy (non-hydrogen) atoms. The van der Waals surface area contributed by atoms with E-state index in [4.69, 9.17) is 23.2 Å². The lowest BCUT2D eigenvalue weighted by molar-refractivity contribution is -0.204. The summed E-state index contributed by atoms with van der Waals surface area (Å²) in [4.78, 5) is 37.3. The first-order chi connectivity index (χ1) is 15.1. The van der Waals surface area contributed by atoms with Gasteiger partial charge in [-0.3, -0.25) is 9.59 Å². The summed E-state index contributed by atoms with van der Waals surface area (Å²) in [5, 5.41) is 4.12. The van der Waals surface area contributed by atoms with E-state index in [-0.39, 0.29) is 11.6 Å². The number of rotatable bonds is 3. The number of nitrogens with zero attached hydrogens (tertiary/aromatic N) is 1. The van der Waals surface area contributed by atoms with Gasteiger partial charge in [-0.2, -0.15) is 13.2 Å². The normalized spacial score (nSPS) is 21.0. The van der Waals surface area contributed by atoms with Crippen molar-refractivity contribution in [1.82, 2.24) is 5.32 Å². The van der Waals surface area contributed by atoms with Crippen LogP contribution in [0.2, 0.25) is 10.0 Å². The third-order valence-electron chi connectivity index (χ3n) is 5.36. The monoisotopic (exact) mass is 486 g/mol. The van der Waals surface area contributed by atoms with Crippen molar-refractivity contribution < 1.29 is 32.3 Å². The fraction of sp³-hybridized carbons (Fsp3) is 0.286. The summed E-state index contributed by atoms with van der Waals surface area (Å²) in [7, 11) is 0. The van der Waals surface area contributed by atoms with Crippen LogP contribution in [0.5, 0.6) is 0 Å². The molecule has 1 fully saturated rings. The minimum atomic E-state index is -5.27. The minimum absolute atomic E-state index is 0.198. The fourth-order valence-corrected chi connectivity index (χ4v) is 4.56. The highest BCUT2D eigenvalue weighted by Crippen LogP contribution is 2.40. The van der Waals surface area contributed by atoms with Crippen LogP contribution < -0.4 is 10.2 Å². The standard InChI is InChI=1S/C21H15Cl2F3N2O4/c22-10-5-12-13(8-27-9-14(12)15(23)6-10)11-3-1-2-4-16(11)28-18(29)7-17(19(28)30)32-20(31)21(24,25)26/h1-6,13,17,27H,7-9H2/t13-,17?/m0/s1. The molecule has 4 rings (SSSR count). The molecule has 2 heterocycles. The largest absolute Gasteiger partial charge is 0.490 e. The molecular weight excluding hydrogens is 472 g/mol. The molecule has 2 aliphatic heterocycles. The smallest absolute Gasteiger partial charge is 0.445 e. The van der Waals surface area contributed by atoms with Crippen LogP contribution in [0.4, 0.5) is 18.9 Å². The van der Waals surface area contributed by atoms with Crippen LogP contribution in [0.15, 0.2) is 36.4 Å². The Hall–Kier alpha value is -2.62. The number of halogens is 5. The van der Waals surface area contributed by atoms with Crippen molar-refractivity contribution in [2.75, 3.05) is 11.4 Å². The van der Waals surface area contributed by atoms with Gasteiger partial charge in [-0.1, -0.05) is 41.4 Å². The lowest BCUT2D eigenvalue weighted by Gasteiger charge is -2.30. The zero-order valence-corrected chi connectivity index (χ0v) is 17.7. The summed E-state index contributed by atoms with van der Waals surface area (Å²) < 4.78 is 41.9. The molecule has 11 heteroatoms. The Morgan fingerprint density at radius 1 is 1.12 bits per heavy atom. The van der Waals surface area contributed by atoms with Gasteiger partial charge in [-0.05, 0) is 34.9 Å². The SMILES string of the molecule is O=C1CC(OC(=O)C(F)(F)F)C(=O)N1c1ccccc1[C@@H]1CNCc2c(Cl)cc(Cl)cc21. The van der Waals surface area contributed by atoms with Crippen molar-refractivity contribution >= 4 is 46.7 Å². The highest BCUT2D eigenvalue weighted by atomic mass is 35.5. The highest BCUT2D eigenvalue weighted by molar-refractivity contribution is 6.35. The highest BCUT2D eigenvalue weighted by Gasteiger charge is 2.48. The molecule has 2 aromatic carbocycles. The number of hydrogen-bond donors (Lipinski definition) is 1. The number of alkyl halides is 3. The summed E-state index contributed by atoms with van der Waals surface area (Å²) in [6.07, 6.45) is -7.79. The van der Waals surface area contributed by atoms with Crippen molar-refractivity contribution in [3.8, 4) is 0 Å². The van der Waals surface area contributed by atoms with Gasteiger partial charge in [-0.15, -0.1) is 0 Å². The van der Waals surface area contributed by atoms with Crippen molar-refractivity contribution in [1.29, 1.82) is 0 Å². The van der Waals surface area contributed by atoms with Crippen molar-refractivity contribution in [3.05, 3.63) is 63.1 Å². The van der Waals surface area contributed by atoms with Crippen molar-refractivity contribution in [2.24, 2.45) is 0 Å². The van der Waals surface area contributed by atoms with Gasteiger partial charge in [0.25, 0.3) is 5.91 Å². The number of anilines is 1. The molecule has 168 valence electrons. The van der Waals surface area contributed by atoms with E-state index in [0.29, 0.717) is 28.7 Å². The summed E-state index contributed by atoms with van der Waals surface area (Å²) in [5.74, 6) is -4.67. The predicted octanol–water partition coefficient (Wildman–Crippen LogP) is 3.97. The first-order valence-corrected chi connectivity index (χ1v) is 10.3. The van der Waals surface area contributed by atoms with Gasteiger partial charge in [-0.25, -0.2) is 9.69 Å². The molecule has 0 radical (unpaired) electrons. The van der Waals surface area contributed by atoms with Crippen molar-refractivity contribution in [3.63, 3.8) is 0 Å². The third-order valence-corrected chi connectivity index (χ3v) is 5.91. The molecule has 6 nitrogen and oxygen atoms in total. The summed E-state index contributed by atoms with van der Waals surface area (Å²) in [6, 6.07) is 9.90. The number of carbonyl (C=O) groups excluding carboxylic acids is 3. The molecule has 1 unspecified atom stereocenters. The number of hydrogen-bond acceptors (Lipinski definition) is 5. The van der Waals surface area contributed by atoms with Gasteiger partial charge in [0.05, 0.1) is 12.1 Å². The Bertz CT molecular complexity index is 1120. The number of esters is 1. The number of imide groups is 1. The second-order valence-corrected chi connectivity index (χ2v) is 8.20. The number of benzene rings is 2. The number of para-hydroxylation sites is 1. The maximum atomic E-state index is 12.8. The van der Waals surface area contributed by atoms with Crippen LogP contribution in [-0.2, 0) is 25.7 Å². The average Bonchev–Trinajstić information content (AvgIpc) is 3.00. The third kappa shape index (κ3) is 4.07. The molecule has 0 bridgehead atoms. The number of amides is 2. The second kappa shape index (κ2) is 8.38. The minimum Gasteiger partial charge on any atom is -0.445 e. The predicted molar refractivity (Wildman–Crippen MR) is 109 cm³/mol. The van der Waals surface area contributed by atoms with E-state index in [9.17, 15) is 27.6 Å². The zero-order valence-electron chi connectivity index (χ0n) is 16.2. The van der Waals surface area contributed by atoms with Crippen LogP contribution >= 0.6 is 23.2 Å².